The number of aliphatic hydroxyl groups is 3. The first-order chi connectivity index (χ1) is 33.6. The zero-order valence-electron chi connectivity index (χ0n) is 42.8. The van der Waals surface area contributed by atoms with E-state index in [4.69, 9.17) is 42.6 Å². The molecule has 0 aliphatic carbocycles. The summed E-state index contributed by atoms with van der Waals surface area (Å²) in [4.78, 5) is 67.6. The molecule has 4 rings (SSSR count). The van der Waals surface area contributed by atoms with Gasteiger partial charge in [-0.05, 0) is 78.6 Å². The Balaban J connectivity index is 1.84. The number of ether oxygens (including phenoxy) is 9. The first-order valence-corrected chi connectivity index (χ1v) is 24.3. The van der Waals surface area contributed by atoms with Crippen molar-refractivity contribution in [2.45, 2.75) is 160 Å². The number of carbonyl (C=O) groups excluding carboxylic acids is 4. The van der Waals surface area contributed by atoms with E-state index in [9.17, 15) is 44.6 Å². The highest BCUT2D eigenvalue weighted by atomic mass is 16.7. The second kappa shape index (κ2) is 28.1. The molecule has 2 fully saturated rings. The molecule has 1 aromatic carbocycles. The summed E-state index contributed by atoms with van der Waals surface area (Å²) in [7, 11) is 6.27. The predicted octanol–water partition coefficient (Wildman–Crippen LogP) is 4.18. The molecule has 0 saturated carbocycles. The Kier molecular flexibility index (Phi) is 23.4. The molecule has 2 saturated heterocycles. The largest absolute Gasteiger partial charge is 0.463 e. The van der Waals surface area contributed by atoms with Crippen molar-refractivity contribution in [3.8, 4) is 0 Å². The number of hydrogen-bond acceptors (Lipinski definition) is 19. The third kappa shape index (κ3) is 16.5. The van der Waals surface area contributed by atoms with Crippen molar-refractivity contribution in [3.05, 3.63) is 75.9 Å². The Morgan fingerprint density at radius 3 is 2.15 bits per heavy atom. The van der Waals surface area contributed by atoms with Crippen molar-refractivity contribution in [3.63, 3.8) is 0 Å². The summed E-state index contributed by atoms with van der Waals surface area (Å²) in [6, 6.07) is 4.53. The summed E-state index contributed by atoms with van der Waals surface area (Å²) in [6.07, 6.45) is -4.78. The number of nitro benzene ring substituents is 1. The molecular formula is C51H76N2O18. The van der Waals surface area contributed by atoms with Crippen LogP contribution in [0.2, 0.25) is 0 Å². The molecule has 0 amide bonds. The highest BCUT2D eigenvalue weighted by molar-refractivity contribution is 5.91. The van der Waals surface area contributed by atoms with Crippen LogP contribution in [0.5, 0.6) is 0 Å². The van der Waals surface area contributed by atoms with Gasteiger partial charge < -0.3 is 62.9 Å². The topological polar surface area (TPSA) is 258 Å². The summed E-state index contributed by atoms with van der Waals surface area (Å²) in [5.41, 5.74) is 0.864. The molecule has 0 bridgehead atoms. The van der Waals surface area contributed by atoms with Gasteiger partial charge >= 0.3 is 17.9 Å². The van der Waals surface area contributed by atoms with E-state index >= 15 is 0 Å². The fourth-order valence-electron chi connectivity index (χ4n) is 9.41. The van der Waals surface area contributed by atoms with Crippen molar-refractivity contribution >= 4 is 29.4 Å². The van der Waals surface area contributed by atoms with Gasteiger partial charge in [-0.3, -0.25) is 24.5 Å². The molecule has 71 heavy (non-hydrogen) atoms. The summed E-state index contributed by atoms with van der Waals surface area (Å²) < 4.78 is 54.1. The van der Waals surface area contributed by atoms with Crippen LogP contribution in [0.15, 0.2) is 60.2 Å². The fraction of sp³-hybridized carbons (Fsp3) is 0.686. The monoisotopic (exact) mass is 1000 g/mol. The van der Waals surface area contributed by atoms with Gasteiger partial charge in [-0.25, -0.2) is 4.79 Å². The zero-order valence-corrected chi connectivity index (χ0v) is 42.8. The van der Waals surface area contributed by atoms with Crippen molar-refractivity contribution < 1.29 is 82.1 Å². The van der Waals surface area contributed by atoms with E-state index in [2.05, 4.69) is 0 Å². The zero-order chi connectivity index (χ0) is 52.7. The van der Waals surface area contributed by atoms with E-state index in [1.54, 1.807) is 72.7 Å². The molecule has 0 unspecified atom stereocenters. The number of hydrogen-bond donors (Lipinski definition) is 3. The number of likely N-dealkylation sites (N-methyl/N-ethyl adjacent to an activating group) is 1. The smallest absolute Gasteiger partial charge is 0.330 e. The second-order valence-electron chi connectivity index (χ2n) is 18.9. The van der Waals surface area contributed by atoms with Gasteiger partial charge in [0.1, 0.15) is 36.6 Å². The maximum Gasteiger partial charge on any atom is 0.330 e. The summed E-state index contributed by atoms with van der Waals surface area (Å²) in [6.45, 7) is 12.1. The van der Waals surface area contributed by atoms with Gasteiger partial charge in [-0.15, -0.1) is 0 Å². The van der Waals surface area contributed by atoms with Gasteiger partial charge in [0.15, 0.2) is 18.4 Å². The van der Waals surface area contributed by atoms with Crippen molar-refractivity contribution in [2.75, 3.05) is 41.5 Å². The number of nitro groups is 1. The lowest BCUT2D eigenvalue weighted by molar-refractivity contribution is -0.384. The Morgan fingerprint density at radius 1 is 0.901 bits per heavy atom. The number of nitrogens with zero attached hydrogens (tertiary/aromatic N) is 2. The van der Waals surface area contributed by atoms with Crippen molar-refractivity contribution in [2.24, 2.45) is 23.7 Å². The van der Waals surface area contributed by atoms with Crippen LogP contribution in [0.1, 0.15) is 79.7 Å². The van der Waals surface area contributed by atoms with Gasteiger partial charge in [0.05, 0.1) is 61.4 Å². The van der Waals surface area contributed by atoms with E-state index in [1.807, 2.05) is 13.0 Å². The predicted molar refractivity (Wildman–Crippen MR) is 256 cm³/mol. The Bertz CT molecular complexity index is 1990. The molecule has 3 aliphatic heterocycles. The van der Waals surface area contributed by atoms with E-state index < -0.39 is 133 Å². The normalized spacial score (nSPS) is 35.9. The van der Waals surface area contributed by atoms with Crippen molar-refractivity contribution in [1.29, 1.82) is 0 Å². The van der Waals surface area contributed by atoms with Crippen LogP contribution in [0.4, 0.5) is 5.69 Å². The lowest BCUT2D eigenvalue weighted by Crippen LogP contribution is -2.63. The number of rotatable bonds is 17. The van der Waals surface area contributed by atoms with Gasteiger partial charge in [0, 0.05) is 50.2 Å². The highest BCUT2D eigenvalue weighted by Crippen LogP contribution is 2.36. The molecule has 3 N–H and O–H groups in total. The molecule has 398 valence electrons. The number of methoxy groups -OCH3 is 2. The van der Waals surface area contributed by atoms with Crippen LogP contribution < -0.4 is 0 Å². The maximum absolute atomic E-state index is 14.5. The molecular weight excluding hydrogens is 929 g/mol. The third-order valence-corrected chi connectivity index (χ3v) is 13.4. The van der Waals surface area contributed by atoms with E-state index in [0.717, 1.165) is 0 Å². The van der Waals surface area contributed by atoms with Crippen LogP contribution in [0.3, 0.4) is 0 Å². The van der Waals surface area contributed by atoms with Crippen molar-refractivity contribution in [1.82, 2.24) is 4.90 Å². The number of benzene rings is 1. The van der Waals surface area contributed by atoms with Crippen LogP contribution in [-0.2, 0) is 68.2 Å². The summed E-state index contributed by atoms with van der Waals surface area (Å²) >= 11 is 0. The lowest BCUT2D eigenvalue weighted by atomic mass is 9.79. The number of non-ortho nitro benzene ring substituents is 1. The number of allylic oxidation sites excluding steroid dienone is 4. The van der Waals surface area contributed by atoms with Crippen LogP contribution in [0.25, 0.3) is 0 Å². The maximum atomic E-state index is 14.5. The number of carbonyl (C=O) groups is 4. The number of esters is 3. The van der Waals surface area contributed by atoms with Crippen LogP contribution in [0, 0.1) is 33.8 Å². The Labute approximate surface area is 416 Å². The first kappa shape index (κ1) is 59.1. The van der Waals surface area contributed by atoms with E-state index in [0.29, 0.717) is 11.1 Å². The molecule has 0 radical (unpaired) electrons. The summed E-state index contributed by atoms with van der Waals surface area (Å²) in [5.74, 6) is -5.32. The lowest BCUT2D eigenvalue weighted by Gasteiger charge is -2.46. The minimum atomic E-state index is -1.42. The molecule has 20 heteroatoms. The van der Waals surface area contributed by atoms with Gasteiger partial charge in [-0.2, -0.15) is 0 Å². The van der Waals surface area contributed by atoms with Crippen LogP contribution in [-0.4, -0.2) is 170 Å². The summed E-state index contributed by atoms with van der Waals surface area (Å²) in [5, 5.41) is 45.0. The Hall–Kier alpha value is -4.48. The third-order valence-electron chi connectivity index (χ3n) is 13.4. The minimum Gasteiger partial charge on any atom is -0.463 e. The number of ketones is 1. The van der Waals surface area contributed by atoms with Gasteiger partial charge in [0.25, 0.3) is 5.69 Å². The van der Waals surface area contributed by atoms with E-state index in [1.165, 1.54) is 50.6 Å². The van der Waals surface area contributed by atoms with Gasteiger partial charge in [0.2, 0.25) is 0 Å². The van der Waals surface area contributed by atoms with E-state index in [-0.39, 0.29) is 50.4 Å². The molecule has 17 atom stereocenters. The molecule has 0 aromatic heterocycles. The quantitative estimate of drug-likeness (QED) is 0.0650. The Morgan fingerprint density at radius 2 is 1.55 bits per heavy atom. The SMILES string of the molecule is CCOC(=O)/C=C/C[C@H]1C[C@@H](C)C(=O)/C=C/C(C)=C/[C@H](CO[C@@H]2O[C@H](C)[C@@H](O)[C@@H](OC)[C@H]2OC)[C@@H](CC)OC(=O)C[C@@H](OC(=O)Cc2ccc([N+](=O)[O-])cc2)[C@H](C)[C@H]1O[C@H]1O[C@@H](C)[C@H](O)[C@@H](N(C)C)[C@@H]1O. The molecule has 3 heterocycles. The molecule has 0 spiro atoms. The second-order valence-corrected chi connectivity index (χ2v) is 18.9. The highest BCUT2D eigenvalue weighted by Gasteiger charge is 2.48. The minimum absolute atomic E-state index is 0.0726. The van der Waals surface area contributed by atoms with Crippen LogP contribution >= 0.6 is 0 Å². The molecule has 20 nitrogen and oxygen atoms in total. The molecule has 3 aliphatic rings. The van der Waals surface area contributed by atoms with Gasteiger partial charge in [-0.1, -0.05) is 56.7 Å². The standard InChI is InChI=1S/C51H76N2O18/c1-12-38-35(27-66-51-49(64-11)48(63-10)45(59)32(7)68-51)23-28(3)17-22-37(54)29(4)24-34(15-14-16-40(55)65-13-2)47(71-50-46(60)43(52(8)9)44(58)31(6)67-50)30(5)39(26-42(57)69-38)70-41(56)25-33-18-20-36(21-19-33)53(61)62/h14,16-23,29-32,34-35,38-39,43-51,58-60H,12-13,15,24-27H2,1-11H3/b16-14+,22-17+,28-23+/t29-,30+,31+,32-,34+,35-,38-,39-,43-,44+,45-,46+,47-,48-,49-,50-,51-/m1/s1. The number of aliphatic hydroxyl groups excluding tert-OH is 3. The number of cyclic esters (lactones) is 1. The first-order valence-electron chi connectivity index (χ1n) is 24.3. The molecule has 1 aromatic rings. The average molecular weight is 1010 g/mol. The average Bonchev–Trinajstić information content (AvgIpc) is 3.31. The fourth-order valence-corrected chi connectivity index (χ4v) is 9.41.